The Morgan fingerprint density at radius 2 is 1.95 bits per heavy atom. The monoisotopic (exact) mass is 314 g/mol. The van der Waals surface area contributed by atoms with Gasteiger partial charge in [-0.05, 0) is 23.8 Å². The van der Waals surface area contributed by atoms with E-state index in [1.165, 1.54) is 6.92 Å². The molecule has 22 heavy (non-hydrogen) atoms. The van der Waals surface area contributed by atoms with E-state index in [2.05, 4.69) is 5.32 Å². The zero-order valence-corrected chi connectivity index (χ0v) is 12.8. The largest absolute Gasteiger partial charge is 0.341 e. The minimum atomic E-state index is -0.671. The molecule has 0 saturated heterocycles. The van der Waals surface area contributed by atoms with E-state index < -0.39 is 6.04 Å². The Morgan fingerprint density at radius 3 is 2.64 bits per heavy atom. The summed E-state index contributed by atoms with van der Waals surface area (Å²) in [5, 5.41) is 3.25. The van der Waals surface area contributed by atoms with Crippen LogP contribution in [-0.2, 0) is 16.1 Å². The van der Waals surface area contributed by atoms with E-state index in [1.807, 2.05) is 36.4 Å². The van der Waals surface area contributed by atoms with Gasteiger partial charge in [0.05, 0.1) is 6.54 Å². The van der Waals surface area contributed by atoms with Crippen molar-refractivity contribution >= 4 is 29.1 Å². The number of rotatable bonds is 3. The molecule has 0 spiro atoms. The van der Waals surface area contributed by atoms with Crippen molar-refractivity contribution in [3.63, 3.8) is 0 Å². The molecule has 0 fully saturated rings. The van der Waals surface area contributed by atoms with Gasteiger partial charge in [0.15, 0.2) is 0 Å². The van der Waals surface area contributed by atoms with Crippen molar-refractivity contribution in [1.29, 1.82) is 0 Å². The van der Waals surface area contributed by atoms with Crippen LogP contribution in [0.5, 0.6) is 0 Å². The molecule has 1 atom stereocenters. The Hall–Kier alpha value is -2.33. The minimum absolute atomic E-state index is 0.142. The Kier molecular flexibility index (Phi) is 3.86. The van der Waals surface area contributed by atoms with E-state index >= 15 is 0 Å². The molecule has 0 aliphatic carbocycles. The van der Waals surface area contributed by atoms with Gasteiger partial charge >= 0.3 is 0 Å². The third-order valence-corrected chi connectivity index (χ3v) is 3.87. The predicted octanol–water partition coefficient (Wildman–Crippen LogP) is 3.06. The van der Waals surface area contributed by atoms with Gasteiger partial charge in [0, 0.05) is 23.2 Å². The molecule has 1 aliphatic rings. The van der Waals surface area contributed by atoms with Crippen LogP contribution in [0.4, 0.5) is 5.69 Å². The maximum Gasteiger partial charge on any atom is 0.254 e. The first-order chi connectivity index (χ1) is 10.6. The highest BCUT2D eigenvalue weighted by molar-refractivity contribution is 6.31. The summed E-state index contributed by atoms with van der Waals surface area (Å²) in [4.78, 5) is 25.8. The van der Waals surface area contributed by atoms with Crippen molar-refractivity contribution < 1.29 is 9.59 Å². The Labute approximate surface area is 133 Å². The number of amides is 2. The summed E-state index contributed by atoms with van der Waals surface area (Å²) < 4.78 is 0. The lowest BCUT2D eigenvalue weighted by Crippen LogP contribution is -2.36. The molecular weight excluding hydrogens is 300 g/mol. The van der Waals surface area contributed by atoms with Crippen LogP contribution < -0.4 is 10.2 Å². The lowest BCUT2D eigenvalue weighted by molar-refractivity contribution is -0.126. The lowest BCUT2D eigenvalue weighted by Gasteiger charge is -2.18. The highest BCUT2D eigenvalue weighted by atomic mass is 35.5. The molecule has 2 aromatic carbocycles. The number of fused-ring (bicyclic) bond motifs is 1. The molecule has 2 amide bonds. The van der Waals surface area contributed by atoms with Crippen LogP contribution in [0.2, 0.25) is 5.02 Å². The first-order valence-electron chi connectivity index (χ1n) is 6.98. The molecule has 0 bridgehead atoms. The molecule has 4 nitrogen and oxygen atoms in total. The second-order valence-electron chi connectivity index (χ2n) is 5.25. The summed E-state index contributed by atoms with van der Waals surface area (Å²) in [6, 6.07) is 14.4. The Balaban J connectivity index is 1.98. The summed E-state index contributed by atoms with van der Waals surface area (Å²) in [5.41, 5.74) is 2.56. The third kappa shape index (κ3) is 2.70. The van der Waals surface area contributed by atoms with Crippen molar-refractivity contribution in [3.8, 4) is 0 Å². The van der Waals surface area contributed by atoms with Crippen LogP contribution >= 0.6 is 11.6 Å². The van der Waals surface area contributed by atoms with Gasteiger partial charge in [0.1, 0.15) is 6.04 Å². The second-order valence-corrected chi connectivity index (χ2v) is 5.68. The molecule has 0 saturated carbocycles. The number of carbonyl (C=O) groups excluding carboxylic acids is 2. The predicted molar refractivity (Wildman–Crippen MR) is 85.6 cm³/mol. The maximum atomic E-state index is 12.7. The van der Waals surface area contributed by atoms with Crippen LogP contribution in [-0.4, -0.2) is 11.8 Å². The minimum Gasteiger partial charge on any atom is -0.341 e. The third-order valence-electron chi connectivity index (χ3n) is 3.64. The second kappa shape index (κ2) is 5.81. The number of benzene rings is 2. The number of halogens is 1. The fourth-order valence-electron chi connectivity index (χ4n) is 2.68. The summed E-state index contributed by atoms with van der Waals surface area (Å²) in [6.45, 7) is 1.86. The first kappa shape index (κ1) is 14.6. The van der Waals surface area contributed by atoms with Crippen LogP contribution in [0.25, 0.3) is 0 Å². The zero-order valence-electron chi connectivity index (χ0n) is 12.0. The van der Waals surface area contributed by atoms with Crippen molar-refractivity contribution in [2.45, 2.75) is 19.5 Å². The molecule has 1 aliphatic heterocycles. The Bertz CT molecular complexity index is 731. The van der Waals surface area contributed by atoms with Crippen molar-refractivity contribution in [2.75, 3.05) is 4.90 Å². The van der Waals surface area contributed by atoms with E-state index in [4.69, 9.17) is 11.6 Å². The molecule has 112 valence electrons. The van der Waals surface area contributed by atoms with Crippen molar-refractivity contribution in [1.82, 2.24) is 5.32 Å². The summed E-state index contributed by atoms with van der Waals surface area (Å²) >= 11 is 6.04. The van der Waals surface area contributed by atoms with Crippen LogP contribution in [0, 0.1) is 0 Å². The smallest absolute Gasteiger partial charge is 0.254 e. The lowest BCUT2D eigenvalue weighted by atomic mass is 10.1. The van der Waals surface area contributed by atoms with Gasteiger partial charge < -0.3 is 10.2 Å². The Morgan fingerprint density at radius 1 is 1.23 bits per heavy atom. The molecule has 0 aromatic heterocycles. The number of nitrogens with zero attached hydrogens (tertiary/aromatic N) is 1. The summed E-state index contributed by atoms with van der Waals surface area (Å²) in [5.74, 6) is -0.387. The van der Waals surface area contributed by atoms with Crippen molar-refractivity contribution in [2.24, 2.45) is 0 Å². The molecule has 5 heteroatoms. The normalized spacial score (nSPS) is 16.5. The highest BCUT2D eigenvalue weighted by Gasteiger charge is 2.37. The number of hydrogen-bond donors (Lipinski definition) is 1. The fraction of sp³-hybridized carbons (Fsp3) is 0.176. The SMILES string of the molecule is CC(=O)N[C@H]1C(=O)N(Cc2ccccc2)c2ccc(Cl)cc21. The molecule has 1 heterocycles. The van der Waals surface area contributed by atoms with E-state index in [1.54, 1.807) is 17.0 Å². The van der Waals surface area contributed by atoms with Gasteiger partial charge in [-0.3, -0.25) is 9.59 Å². The van der Waals surface area contributed by atoms with Crippen LogP contribution in [0.15, 0.2) is 48.5 Å². The van der Waals surface area contributed by atoms with Gasteiger partial charge in [-0.15, -0.1) is 0 Å². The van der Waals surface area contributed by atoms with Gasteiger partial charge in [0.25, 0.3) is 5.91 Å². The maximum absolute atomic E-state index is 12.7. The van der Waals surface area contributed by atoms with Crippen LogP contribution in [0.1, 0.15) is 24.1 Å². The summed E-state index contributed by atoms with van der Waals surface area (Å²) in [7, 11) is 0. The quantitative estimate of drug-likeness (QED) is 0.946. The molecule has 0 radical (unpaired) electrons. The summed E-state index contributed by atoms with van der Waals surface area (Å²) in [6.07, 6.45) is 0. The number of anilines is 1. The van der Waals surface area contributed by atoms with E-state index in [9.17, 15) is 9.59 Å². The van der Waals surface area contributed by atoms with Gasteiger partial charge in [0.2, 0.25) is 5.91 Å². The standard InChI is InChI=1S/C17H15ClN2O2/c1-11(21)19-16-14-9-13(18)7-8-15(14)20(17(16)22)10-12-5-3-2-4-6-12/h2-9,16H,10H2,1H3,(H,19,21)/t16-/m1/s1. The molecular formula is C17H15ClN2O2. The number of hydrogen-bond acceptors (Lipinski definition) is 2. The fourth-order valence-corrected chi connectivity index (χ4v) is 2.86. The van der Waals surface area contributed by atoms with Gasteiger partial charge in [-0.25, -0.2) is 0 Å². The first-order valence-corrected chi connectivity index (χ1v) is 7.36. The molecule has 2 aromatic rings. The van der Waals surface area contributed by atoms with Crippen molar-refractivity contribution in [3.05, 3.63) is 64.7 Å². The molecule has 1 N–H and O–H groups in total. The number of carbonyl (C=O) groups is 2. The zero-order chi connectivity index (χ0) is 15.7. The van der Waals surface area contributed by atoms with E-state index in [0.717, 1.165) is 16.8 Å². The topological polar surface area (TPSA) is 49.4 Å². The highest BCUT2D eigenvalue weighted by Crippen LogP contribution is 2.38. The average Bonchev–Trinajstić information content (AvgIpc) is 2.73. The molecule has 3 rings (SSSR count). The van der Waals surface area contributed by atoms with Gasteiger partial charge in [-0.2, -0.15) is 0 Å². The van der Waals surface area contributed by atoms with Gasteiger partial charge in [-0.1, -0.05) is 41.9 Å². The van der Waals surface area contributed by atoms with Crippen LogP contribution in [0.3, 0.4) is 0 Å². The van der Waals surface area contributed by atoms with E-state index in [-0.39, 0.29) is 11.8 Å². The van der Waals surface area contributed by atoms with E-state index in [0.29, 0.717) is 11.6 Å². The molecule has 0 unspecified atom stereocenters. The average molecular weight is 315 g/mol. The number of nitrogens with one attached hydrogen (secondary N) is 1.